The minimum absolute atomic E-state index is 0.00846. The third-order valence-corrected chi connectivity index (χ3v) is 13.4. The number of hydrogen-bond acceptors (Lipinski definition) is 2. The number of ketones is 1. The molecular weight excluding hydrogens is 379 g/mol. The van der Waals surface area contributed by atoms with Gasteiger partial charge in [0.2, 0.25) is 0 Å². The molecule has 2 rings (SSSR count). The van der Waals surface area contributed by atoms with Crippen LogP contribution >= 0.6 is 0 Å². The molecule has 0 aliphatic carbocycles. The van der Waals surface area contributed by atoms with E-state index in [4.69, 9.17) is 0 Å². The average Bonchev–Trinajstić information content (AvgIpc) is 2.55. The summed E-state index contributed by atoms with van der Waals surface area (Å²) < 4.78 is 0.600. The first-order valence-electron chi connectivity index (χ1n) is 8.36. The summed E-state index contributed by atoms with van der Waals surface area (Å²) in [5.74, 6) is 0.167. The molecule has 0 aliphatic rings. The Morgan fingerprint density at radius 3 is 2.08 bits per heavy atom. The molecule has 0 saturated carbocycles. The molecule has 0 aliphatic heterocycles. The van der Waals surface area contributed by atoms with E-state index >= 15 is 0 Å². The van der Waals surface area contributed by atoms with Crippen molar-refractivity contribution in [2.75, 3.05) is 0 Å². The van der Waals surface area contributed by atoms with Crippen molar-refractivity contribution < 1.29 is 9.90 Å². The predicted molar refractivity (Wildman–Crippen MR) is 105 cm³/mol. The van der Waals surface area contributed by atoms with Crippen molar-refractivity contribution in [2.45, 2.75) is 43.0 Å². The zero-order chi connectivity index (χ0) is 17.6. The van der Waals surface area contributed by atoms with E-state index < -0.39 is 12.2 Å². The molecular formula is C20H26O2SeSi. The van der Waals surface area contributed by atoms with Crippen molar-refractivity contribution in [1.82, 2.24) is 0 Å². The second-order valence-electron chi connectivity index (χ2n) is 7.09. The molecule has 0 saturated heterocycles. The maximum atomic E-state index is 12.3. The fraction of sp³-hybridized carbons (Fsp3) is 0.350. The van der Waals surface area contributed by atoms with Crippen LogP contribution < -0.4 is 4.46 Å². The number of carbonyl (C=O) groups is 1. The fourth-order valence-corrected chi connectivity index (χ4v) is 8.24. The molecule has 0 spiro atoms. The van der Waals surface area contributed by atoms with Gasteiger partial charge >= 0.3 is 152 Å². The summed E-state index contributed by atoms with van der Waals surface area (Å²) in [7, 11) is -1.77. The minimum atomic E-state index is -1.77. The van der Waals surface area contributed by atoms with E-state index in [9.17, 15) is 9.90 Å². The molecule has 1 unspecified atom stereocenters. The predicted octanol–water partition coefficient (Wildman–Crippen LogP) is 3.64. The van der Waals surface area contributed by atoms with Crippen LogP contribution in [-0.2, 0) is 0 Å². The molecule has 1 atom stereocenters. The first kappa shape index (κ1) is 19.1. The zero-order valence-electron chi connectivity index (χ0n) is 14.7. The van der Waals surface area contributed by atoms with Crippen LogP contribution in [-0.4, -0.2) is 38.0 Å². The van der Waals surface area contributed by atoms with Gasteiger partial charge in [-0.3, -0.25) is 0 Å². The number of Topliss-reactive ketones (excluding diaryl/α,β-unsaturated/α-hetero) is 1. The van der Waals surface area contributed by atoms with Crippen molar-refractivity contribution in [2.24, 2.45) is 0 Å². The first-order chi connectivity index (χ1) is 11.3. The molecule has 0 heterocycles. The molecule has 0 amide bonds. The van der Waals surface area contributed by atoms with E-state index in [0.717, 1.165) is 12.0 Å². The molecule has 0 fully saturated rings. The standard InChI is InChI=1S/C20H26O2SeSi/c1-24(2,3)20(22,23-18-13-8-5-9-14-18)16-10-15-19(21)17-11-6-4-7-12-17/h4-9,11-14,22H,10,15-16H2,1-3H3. The summed E-state index contributed by atoms with van der Waals surface area (Å²) in [6.07, 6.45) is 1.95. The Hall–Kier alpha value is -1.19. The van der Waals surface area contributed by atoms with Gasteiger partial charge in [-0.15, -0.1) is 0 Å². The van der Waals surface area contributed by atoms with Crippen molar-refractivity contribution in [3.8, 4) is 0 Å². The summed E-state index contributed by atoms with van der Waals surface area (Å²) in [6, 6.07) is 19.7. The van der Waals surface area contributed by atoms with Gasteiger partial charge in [-0.05, 0) is 0 Å². The second-order valence-corrected chi connectivity index (χ2v) is 16.1. The van der Waals surface area contributed by atoms with Crippen molar-refractivity contribution in [3.63, 3.8) is 0 Å². The van der Waals surface area contributed by atoms with E-state index in [1.807, 2.05) is 48.5 Å². The Labute approximate surface area is 152 Å². The van der Waals surface area contributed by atoms with Crippen LogP contribution in [0, 0.1) is 0 Å². The van der Waals surface area contributed by atoms with Gasteiger partial charge in [-0.2, -0.15) is 0 Å². The van der Waals surface area contributed by atoms with Gasteiger partial charge in [-0.25, -0.2) is 0 Å². The van der Waals surface area contributed by atoms with Gasteiger partial charge in [0.15, 0.2) is 0 Å². The molecule has 2 aromatic carbocycles. The van der Waals surface area contributed by atoms with Crippen LogP contribution in [0.3, 0.4) is 0 Å². The molecule has 1 N–H and O–H groups in total. The number of carbonyl (C=O) groups excluding carboxylic acids is 1. The van der Waals surface area contributed by atoms with Gasteiger partial charge in [0.05, 0.1) is 0 Å². The van der Waals surface area contributed by atoms with E-state index in [1.54, 1.807) is 0 Å². The topological polar surface area (TPSA) is 37.3 Å². The number of rotatable bonds is 8. The van der Waals surface area contributed by atoms with E-state index in [-0.39, 0.29) is 20.7 Å². The van der Waals surface area contributed by atoms with Crippen LogP contribution in [0.4, 0.5) is 0 Å². The van der Waals surface area contributed by atoms with Gasteiger partial charge in [0.25, 0.3) is 0 Å². The number of aliphatic hydroxyl groups is 1. The second kappa shape index (κ2) is 8.26. The summed E-state index contributed by atoms with van der Waals surface area (Å²) in [6.45, 7) is 6.66. The van der Waals surface area contributed by atoms with E-state index in [2.05, 4.69) is 31.8 Å². The van der Waals surface area contributed by atoms with Gasteiger partial charge in [-0.1, -0.05) is 0 Å². The van der Waals surface area contributed by atoms with Crippen LogP contribution in [0.25, 0.3) is 0 Å². The van der Waals surface area contributed by atoms with Crippen molar-refractivity contribution in [3.05, 3.63) is 66.2 Å². The van der Waals surface area contributed by atoms with Crippen molar-refractivity contribution in [1.29, 1.82) is 0 Å². The summed E-state index contributed by atoms with van der Waals surface area (Å²) >= 11 is 0.00846. The van der Waals surface area contributed by atoms with Crippen molar-refractivity contribution >= 4 is 33.3 Å². The SMILES string of the molecule is C[Si](C)(C)C(O)(CCCC(=O)c1ccccc1)[Se]c1ccccc1. The summed E-state index contributed by atoms with van der Waals surface area (Å²) in [4.78, 5) is 12.3. The molecule has 4 heteroatoms. The average molecular weight is 405 g/mol. The molecule has 0 bridgehead atoms. The van der Waals surface area contributed by atoms with Crippen LogP contribution in [0.15, 0.2) is 60.7 Å². The quantitative estimate of drug-likeness (QED) is 0.538. The Balaban J connectivity index is 2.00. The third kappa shape index (κ3) is 5.15. The molecule has 2 nitrogen and oxygen atoms in total. The Bertz CT molecular complexity index is 652. The maximum absolute atomic E-state index is 12.3. The van der Waals surface area contributed by atoms with Gasteiger partial charge < -0.3 is 0 Å². The Kier molecular flexibility index (Phi) is 6.59. The number of hydrogen-bond donors (Lipinski definition) is 1. The molecule has 128 valence electrons. The van der Waals surface area contributed by atoms with E-state index in [1.165, 1.54) is 4.46 Å². The molecule has 24 heavy (non-hydrogen) atoms. The zero-order valence-corrected chi connectivity index (χ0v) is 17.4. The van der Waals surface area contributed by atoms with Gasteiger partial charge in [0.1, 0.15) is 0 Å². The fourth-order valence-electron chi connectivity index (χ4n) is 2.52. The molecule has 0 radical (unpaired) electrons. The Morgan fingerprint density at radius 2 is 1.54 bits per heavy atom. The molecule has 2 aromatic rings. The number of benzene rings is 2. The Morgan fingerprint density at radius 1 is 1.00 bits per heavy atom. The normalized spacial score (nSPS) is 14.2. The van der Waals surface area contributed by atoms with Crippen LogP contribution in [0.5, 0.6) is 0 Å². The first-order valence-corrected chi connectivity index (χ1v) is 13.6. The van der Waals surface area contributed by atoms with Gasteiger partial charge in [0, 0.05) is 0 Å². The third-order valence-electron chi connectivity index (χ3n) is 4.22. The van der Waals surface area contributed by atoms with Crippen LogP contribution in [0.1, 0.15) is 29.6 Å². The summed E-state index contributed by atoms with van der Waals surface area (Å²) in [5.41, 5.74) is 0.766. The monoisotopic (exact) mass is 406 g/mol. The molecule has 0 aromatic heterocycles. The summed E-state index contributed by atoms with van der Waals surface area (Å²) in [5, 5.41) is 11.4. The van der Waals surface area contributed by atoms with Crippen LogP contribution in [0.2, 0.25) is 19.6 Å². The van der Waals surface area contributed by atoms with E-state index in [0.29, 0.717) is 12.8 Å².